The van der Waals surface area contributed by atoms with Crippen molar-refractivity contribution in [3.05, 3.63) is 65.1 Å². The third-order valence-electron chi connectivity index (χ3n) is 4.85. The van der Waals surface area contributed by atoms with Gasteiger partial charge in [0, 0.05) is 17.5 Å². The Balaban J connectivity index is 1.89. The Morgan fingerprint density at radius 1 is 0.957 bits per heavy atom. The minimum atomic E-state index is -0.130. The standard InChI is InChI=1S/C20H20N2O/c23-20-21-19(16-10-2-1-3-11-16)17-12-6-7-13-18(17)22(20)14-15-8-4-5-9-15/h1-3,6-7,10-13,15H,4-5,8-9,14H2. The van der Waals surface area contributed by atoms with Crippen molar-refractivity contribution >= 4 is 10.9 Å². The maximum Gasteiger partial charge on any atom is 0.348 e. The number of hydrogen-bond donors (Lipinski definition) is 0. The topological polar surface area (TPSA) is 34.9 Å². The molecule has 2 aromatic carbocycles. The zero-order chi connectivity index (χ0) is 15.6. The molecule has 1 heterocycles. The fraction of sp³-hybridized carbons (Fsp3) is 0.300. The second-order valence-electron chi connectivity index (χ2n) is 6.39. The van der Waals surface area contributed by atoms with Crippen molar-refractivity contribution < 1.29 is 0 Å². The first kappa shape index (κ1) is 14.2. The summed E-state index contributed by atoms with van der Waals surface area (Å²) < 4.78 is 1.87. The van der Waals surface area contributed by atoms with E-state index in [0.29, 0.717) is 5.92 Å². The summed E-state index contributed by atoms with van der Waals surface area (Å²) in [5.74, 6) is 0.612. The monoisotopic (exact) mass is 304 g/mol. The molecule has 0 amide bonds. The Hall–Kier alpha value is -2.42. The average molecular weight is 304 g/mol. The van der Waals surface area contributed by atoms with Crippen LogP contribution in [0.1, 0.15) is 25.7 Å². The Morgan fingerprint density at radius 3 is 2.43 bits per heavy atom. The quantitative estimate of drug-likeness (QED) is 0.725. The molecule has 1 fully saturated rings. The van der Waals surface area contributed by atoms with E-state index in [9.17, 15) is 4.79 Å². The normalized spacial score (nSPS) is 15.3. The molecule has 1 aliphatic carbocycles. The van der Waals surface area contributed by atoms with Crippen LogP contribution in [-0.4, -0.2) is 9.55 Å². The van der Waals surface area contributed by atoms with Gasteiger partial charge < -0.3 is 0 Å². The average Bonchev–Trinajstić information content (AvgIpc) is 3.11. The first-order valence-corrected chi connectivity index (χ1v) is 8.38. The van der Waals surface area contributed by atoms with Gasteiger partial charge in [0.15, 0.2) is 0 Å². The summed E-state index contributed by atoms with van der Waals surface area (Å²) in [5, 5.41) is 1.05. The number of hydrogen-bond acceptors (Lipinski definition) is 2. The maximum atomic E-state index is 12.7. The van der Waals surface area contributed by atoms with Gasteiger partial charge in [-0.05, 0) is 24.8 Å². The molecule has 0 bridgehead atoms. The second kappa shape index (κ2) is 5.99. The summed E-state index contributed by atoms with van der Waals surface area (Å²) in [4.78, 5) is 17.1. The summed E-state index contributed by atoms with van der Waals surface area (Å²) in [6, 6.07) is 18.1. The van der Waals surface area contributed by atoms with Crippen LogP contribution in [0.3, 0.4) is 0 Å². The molecule has 0 N–H and O–H groups in total. The van der Waals surface area contributed by atoms with Crippen molar-refractivity contribution in [1.29, 1.82) is 0 Å². The molecule has 116 valence electrons. The van der Waals surface area contributed by atoms with Crippen molar-refractivity contribution in [2.24, 2.45) is 5.92 Å². The molecule has 3 aromatic rings. The molecular weight excluding hydrogens is 284 g/mol. The summed E-state index contributed by atoms with van der Waals surface area (Å²) >= 11 is 0. The second-order valence-corrected chi connectivity index (χ2v) is 6.39. The van der Waals surface area contributed by atoms with Crippen molar-refractivity contribution in [1.82, 2.24) is 9.55 Å². The summed E-state index contributed by atoms with van der Waals surface area (Å²) in [7, 11) is 0. The molecule has 0 radical (unpaired) electrons. The van der Waals surface area contributed by atoms with Crippen LogP contribution in [0.5, 0.6) is 0 Å². The van der Waals surface area contributed by atoms with Crippen LogP contribution in [-0.2, 0) is 6.54 Å². The van der Waals surface area contributed by atoms with E-state index in [1.165, 1.54) is 25.7 Å². The van der Waals surface area contributed by atoms with Crippen molar-refractivity contribution in [2.45, 2.75) is 32.2 Å². The minimum absolute atomic E-state index is 0.130. The number of rotatable bonds is 3. The molecule has 0 unspecified atom stereocenters. The van der Waals surface area contributed by atoms with Gasteiger partial charge in [-0.15, -0.1) is 0 Å². The van der Waals surface area contributed by atoms with Crippen molar-refractivity contribution in [2.75, 3.05) is 0 Å². The summed E-state index contributed by atoms with van der Waals surface area (Å²) in [6.07, 6.45) is 5.02. The largest absolute Gasteiger partial charge is 0.348 e. The molecule has 1 aliphatic rings. The van der Waals surface area contributed by atoms with Gasteiger partial charge in [0.2, 0.25) is 0 Å². The van der Waals surface area contributed by atoms with Gasteiger partial charge in [0.25, 0.3) is 0 Å². The molecule has 3 heteroatoms. The van der Waals surface area contributed by atoms with Gasteiger partial charge in [0.1, 0.15) is 0 Å². The molecule has 0 atom stereocenters. The minimum Gasteiger partial charge on any atom is -0.292 e. The van der Waals surface area contributed by atoms with Gasteiger partial charge in [0.05, 0.1) is 11.2 Å². The third kappa shape index (κ3) is 2.67. The lowest BCUT2D eigenvalue weighted by Crippen LogP contribution is -2.26. The van der Waals surface area contributed by atoms with Crippen LogP contribution in [0.25, 0.3) is 22.2 Å². The van der Waals surface area contributed by atoms with Crippen LogP contribution in [0.4, 0.5) is 0 Å². The lowest BCUT2D eigenvalue weighted by atomic mass is 10.1. The predicted molar refractivity (Wildman–Crippen MR) is 93.4 cm³/mol. The van der Waals surface area contributed by atoms with E-state index in [1.54, 1.807) is 0 Å². The predicted octanol–water partition coefficient (Wildman–Crippen LogP) is 4.25. The van der Waals surface area contributed by atoms with Crippen LogP contribution in [0.2, 0.25) is 0 Å². The first-order valence-electron chi connectivity index (χ1n) is 8.38. The summed E-state index contributed by atoms with van der Waals surface area (Å²) in [5.41, 5.74) is 2.65. The van der Waals surface area contributed by atoms with Gasteiger partial charge in [-0.3, -0.25) is 4.57 Å². The number of benzene rings is 2. The zero-order valence-corrected chi connectivity index (χ0v) is 13.1. The molecule has 23 heavy (non-hydrogen) atoms. The Kier molecular flexibility index (Phi) is 3.70. The summed E-state index contributed by atoms with van der Waals surface area (Å²) in [6.45, 7) is 0.793. The Morgan fingerprint density at radius 2 is 1.65 bits per heavy atom. The van der Waals surface area contributed by atoms with Gasteiger partial charge in [-0.2, -0.15) is 4.98 Å². The maximum absolute atomic E-state index is 12.7. The highest BCUT2D eigenvalue weighted by atomic mass is 16.1. The highest BCUT2D eigenvalue weighted by Gasteiger charge is 2.18. The molecule has 3 nitrogen and oxygen atoms in total. The number of para-hydroxylation sites is 1. The lowest BCUT2D eigenvalue weighted by Gasteiger charge is -2.16. The Labute approximate surface area is 135 Å². The number of nitrogens with zero attached hydrogens (tertiary/aromatic N) is 2. The van der Waals surface area contributed by atoms with Crippen LogP contribution in [0, 0.1) is 5.92 Å². The number of fused-ring (bicyclic) bond motifs is 1. The SMILES string of the molecule is O=c1nc(-c2ccccc2)c2ccccc2n1CC1CCCC1. The van der Waals surface area contributed by atoms with E-state index in [4.69, 9.17) is 0 Å². The molecule has 4 rings (SSSR count). The van der Waals surface area contributed by atoms with Crippen LogP contribution >= 0.6 is 0 Å². The Bertz CT molecular complexity index is 877. The van der Waals surface area contributed by atoms with Crippen molar-refractivity contribution in [3.8, 4) is 11.3 Å². The molecule has 1 saturated carbocycles. The van der Waals surface area contributed by atoms with Crippen LogP contribution in [0.15, 0.2) is 59.4 Å². The van der Waals surface area contributed by atoms with E-state index in [0.717, 1.165) is 28.7 Å². The molecular formula is C20H20N2O. The number of aromatic nitrogens is 2. The lowest BCUT2D eigenvalue weighted by molar-refractivity contribution is 0.454. The van der Waals surface area contributed by atoms with E-state index in [2.05, 4.69) is 11.1 Å². The first-order chi connectivity index (χ1) is 11.3. The highest BCUT2D eigenvalue weighted by molar-refractivity contribution is 5.92. The van der Waals surface area contributed by atoms with E-state index in [1.807, 2.05) is 53.1 Å². The van der Waals surface area contributed by atoms with E-state index >= 15 is 0 Å². The highest BCUT2D eigenvalue weighted by Crippen LogP contribution is 2.29. The van der Waals surface area contributed by atoms with Gasteiger partial charge in [-0.25, -0.2) is 4.79 Å². The van der Waals surface area contributed by atoms with Crippen molar-refractivity contribution in [3.63, 3.8) is 0 Å². The molecule has 1 aromatic heterocycles. The molecule has 0 aliphatic heterocycles. The van der Waals surface area contributed by atoms with Gasteiger partial charge >= 0.3 is 5.69 Å². The fourth-order valence-electron chi connectivity index (χ4n) is 3.67. The zero-order valence-electron chi connectivity index (χ0n) is 13.1. The molecule has 0 spiro atoms. The van der Waals surface area contributed by atoms with Gasteiger partial charge in [-0.1, -0.05) is 61.4 Å². The van der Waals surface area contributed by atoms with Crippen LogP contribution < -0.4 is 5.69 Å². The van der Waals surface area contributed by atoms with E-state index < -0.39 is 0 Å². The fourth-order valence-corrected chi connectivity index (χ4v) is 3.67. The van der Waals surface area contributed by atoms with E-state index in [-0.39, 0.29) is 5.69 Å². The smallest absolute Gasteiger partial charge is 0.292 e. The molecule has 0 saturated heterocycles. The third-order valence-corrected chi connectivity index (χ3v) is 4.85.